The Morgan fingerprint density at radius 2 is 1.37 bits per heavy atom. The van der Waals surface area contributed by atoms with Crippen molar-refractivity contribution in [2.24, 2.45) is 52.3 Å². The number of rotatable bonds is 12. The van der Waals surface area contributed by atoms with Gasteiger partial charge in [0, 0.05) is 12.3 Å². The van der Waals surface area contributed by atoms with E-state index in [1.54, 1.807) is 0 Å². The van der Waals surface area contributed by atoms with Crippen molar-refractivity contribution in [1.29, 1.82) is 0 Å². The van der Waals surface area contributed by atoms with Crippen molar-refractivity contribution < 1.29 is 94.4 Å². The SMILES string of the molecule is CC(CCC1(O)OC2CC3C4CCC5CC(OC6OC(CO)C(O)C(O)C6OC6OCC(O)C(O)C6O)C(O)CC5(C)C4CCC3(C)C2C1C)COC1OC(CO)C(O)C(O)C1O. The quantitative estimate of drug-likeness (QED) is 0.0928. The van der Waals surface area contributed by atoms with E-state index in [1.807, 2.05) is 6.92 Å². The summed E-state index contributed by atoms with van der Waals surface area (Å²) in [5, 5.41) is 126. The first-order valence-electron chi connectivity index (χ1n) is 23.4. The van der Waals surface area contributed by atoms with Crippen LogP contribution in [-0.4, -0.2) is 198 Å². The third-order valence-corrected chi connectivity index (χ3v) is 17.6. The summed E-state index contributed by atoms with van der Waals surface area (Å²) in [6, 6.07) is 0. The molecule has 27 atom stereocenters. The first-order valence-corrected chi connectivity index (χ1v) is 23.4. The molecule has 63 heavy (non-hydrogen) atoms. The van der Waals surface area contributed by atoms with Crippen molar-refractivity contribution in [1.82, 2.24) is 0 Å². The summed E-state index contributed by atoms with van der Waals surface area (Å²) in [6.45, 7) is 7.35. The Hall–Kier alpha value is -0.760. The molecule has 0 aromatic rings. The normalized spacial score (nSPS) is 56.3. The summed E-state index contributed by atoms with van der Waals surface area (Å²) >= 11 is 0. The predicted molar refractivity (Wildman–Crippen MR) is 214 cm³/mol. The Morgan fingerprint density at radius 1 is 0.698 bits per heavy atom. The van der Waals surface area contributed by atoms with E-state index in [0.717, 1.165) is 32.1 Å². The topological polar surface area (TPSA) is 307 Å². The lowest BCUT2D eigenvalue weighted by molar-refractivity contribution is -0.367. The molecule has 0 aromatic heterocycles. The van der Waals surface area contributed by atoms with Crippen molar-refractivity contribution >= 4 is 0 Å². The molecule has 0 spiro atoms. The zero-order valence-corrected chi connectivity index (χ0v) is 36.8. The zero-order valence-electron chi connectivity index (χ0n) is 36.8. The maximum Gasteiger partial charge on any atom is 0.187 e. The van der Waals surface area contributed by atoms with E-state index < -0.39 is 117 Å². The molecule has 4 aliphatic carbocycles. The van der Waals surface area contributed by atoms with E-state index in [1.165, 1.54) is 0 Å². The largest absolute Gasteiger partial charge is 0.394 e. The van der Waals surface area contributed by atoms with Crippen LogP contribution in [0.1, 0.15) is 85.5 Å². The Kier molecular flexibility index (Phi) is 14.4. The van der Waals surface area contributed by atoms with Crippen molar-refractivity contribution in [2.75, 3.05) is 26.4 Å². The van der Waals surface area contributed by atoms with Gasteiger partial charge in [-0.1, -0.05) is 27.7 Å². The van der Waals surface area contributed by atoms with E-state index in [4.69, 9.17) is 33.2 Å². The van der Waals surface area contributed by atoms with Crippen LogP contribution in [-0.2, 0) is 33.2 Å². The lowest BCUT2D eigenvalue weighted by atomic mass is 9.44. The fourth-order valence-corrected chi connectivity index (χ4v) is 13.9. The highest BCUT2D eigenvalue weighted by Gasteiger charge is 2.69. The summed E-state index contributed by atoms with van der Waals surface area (Å²) in [4.78, 5) is 0. The van der Waals surface area contributed by atoms with E-state index in [0.29, 0.717) is 43.4 Å². The van der Waals surface area contributed by atoms with Crippen molar-refractivity contribution in [2.45, 2.75) is 196 Å². The van der Waals surface area contributed by atoms with Gasteiger partial charge in [-0.2, -0.15) is 0 Å². The molecule has 27 unspecified atom stereocenters. The lowest BCUT2D eigenvalue weighted by Crippen LogP contribution is -2.64. The van der Waals surface area contributed by atoms with Gasteiger partial charge in [-0.25, -0.2) is 0 Å². The van der Waals surface area contributed by atoms with Crippen LogP contribution in [0.5, 0.6) is 0 Å². The summed E-state index contributed by atoms with van der Waals surface area (Å²) in [5.41, 5.74) is -0.257. The second-order valence-corrected chi connectivity index (χ2v) is 21.2. The van der Waals surface area contributed by atoms with Crippen LogP contribution in [0.25, 0.3) is 0 Å². The Bertz CT molecular complexity index is 1550. The van der Waals surface area contributed by atoms with E-state index >= 15 is 0 Å². The molecule has 19 heteroatoms. The third-order valence-electron chi connectivity index (χ3n) is 17.6. The fourth-order valence-electron chi connectivity index (χ4n) is 13.9. The lowest BCUT2D eigenvalue weighted by Gasteiger charge is -2.62. The third kappa shape index (κ3) is 8.58. The molecule has 4 aliphatic heterocycles. The Labute approximate surface area is 368 Å². The van der Waals surface area contributed by atoms with Gasteiger partial charge in [0.15, 0.2) is 24.7 Å². The summed E-state index contributed by atoms with van der Waals surface area (Å²) in [5.74, 6) is -0.0512. The number of aliphatic hydroxyl groups excluding tert-OH is 11. The van der Waals surface area contributed by atoms with E-state index in [-0.39, 0.29) is 53.8 Å². The zero-order chi connectivity index (χ0) is 45.5. The molecule has 8 rings (SSSR count). The number of hydrogen-bond donors (Lipinski definition) is 12. The molecule has 8 fully saturated rings. The van der Waals surface area contributed by atoms with E-state index in [9.17, 15) is 61.3 Å². The van der Waals surface area contributed by atoms with Gasteiger partial charge in [0.1, 0.15) is 67.1 Å². The van der Waals surface area contributed by atoms with Crippen molar-refractivity contribution in [3.8, 4) is 0 Å². The van der Waals surface area contributed by atoms with Crippen molar-refractivity contribution in [3.05, 3.63) is 0 Å². The van der Waals surface area contributed by atoms with Gasteiger partial charge in [0.2, 0.25) is 0 Å². The van der Waals surface area contributed by atoms with Gasteiger partial charge in [0.25, 0.3) is 0 Å². The monoisotopic (exact) mass is 906 g/mol. The standard InChI is InChI=1S/C44H74O19/c1-18(16-57-39-37(55)34(52)32(50)28(14-45)60-39)7-10-44(56)19(2)30-27(63-44)12-23-21-6-5-20-11-26(24(47)13-43(20,4)22(21)8-9-42(23,30)3)59-41-38(35(53)33(51)29(15-46)61-41)62-40-36(54)31(49)25(48)17-58-40/h18-41,45-56H,5-17H2,1-4H3. The maximum atomic E-state index is 12.0. The predicted octanol–water partition coefficient (Wildman–Crippen LogP) is -2.17. The molecule has 4 saturated heterocycles. The second-order valence-electron chi connectivity index (χ2n) is 21.2. The molecule has 4 heterocycles. The average Bonchev–Trinajstić information content (AvgIpc) is 3.69. The number of ether oxygens (including phenoxy) is 7. The highest BCUT2D eigenvalue weighted by Crippen LogP contribution is 2.71. The smallest absolute Gasteiger partial charge is 0.187 e. The fraction of sp³-hybridized carbons (Fsp3) is 1.00. The van der Waals surface area contributed by atoms with Crippen LogP contribution >= 0.6 is 0 Å². The molecule has 8 aliphatic rings. The first kappa shape index (κ1) is 48.7. The minimum absolute atomic E-state index is 0.0541. The first-order chi connectivity index (χ1) is 29.8. The summed E-state index contributed by atoms with van der Waals surface area (Å²) in [6.07, 6.45) is -15.3. The van der Waals surface area contributed by atoms with Crippen LogP contribution in [0.15, 0.2) is 0 Å². The molecular weight excluding hydrogens is 832 g/mol. The summed E-state index contributed by atoms with van der Waals surface area (Å²) in [7, 11) is 0. The summed E-state index contributed by atoms with van der Waals surface area (Å²) < 4.78 is 41.5. The van der Waals surface area contributed by atoms with Crippen LogP contribution in [0.2, 0.25) is 0 Å². The molecule has 0 amide bonds. The second kappa shape index (κ2) is 18.6. The van der Waals surface area contributed by atoms with Crippen LogP contribution in [0.4, 0.5) is 0 Å². The van der Waals surface area contributed by atoms with Crippen molar-refractivity contribution in [3.63, 3.8) is 0 Å². The average molecular weight is 907 g/mol. The molecular formula is C44H74O19. The van der Waals surface area contributed by atoms with Gasteiger partial charge in [0.05, 0.1) is 44.7 Å². The molecule has 19 nitrogen and oxygen atoms in total. The van der Waals surface area contributed by atoms with Crippen LogP contribution in [0.3, 0.4) is 0 Å². The van der Waals surface area contributed by atoms with Gasteiger partial charge >= 0.3 is 0 Å². The van der Waals surface area contributed by atoms with Gasteiger partial charge in [-0.15, -0.1) is 0 Å². The molecule has 4 saturated carbocycles. The Balaban J connectivity index is 0.880. The number of fused-ring (bicyclic) bond motifs is 7. The highest BCUT2D eigenvalue weighted by molar-refractivity contribution is 5.15. The molecule has 12 N–H and O–H groups in total. The minimum atomic E-state index is -1.68. The maximum absolute atomic E-state index is 12.0. The molecule has 364 valence electrons. The highest BCUT2D eigenvalue weighted by atomic mass is 16.8. The number of hydrogen-bond acceptors (Lipinski definition) is 19. The van der Waals surface area contributed by atoms with Gasteiger partial charge in [-0.05, 0) is 97.7 Å². The molecule has 0 aromatic carbocycles. The molecule has 0 bridgehead atoms. The van der Waals surface area contributed by atoms with Crippen LogP contribution in [0, 0.1) is 52.3 Å². The minimum Gasteiger partial charge on any atom is -0.394 e. The van der Waals surface area contributed by atoms with Gasteiger partial charge in [-0.3, -0.25) is 0 Å². The van der Waals surface area contributed by atoms with Crippen LogP contribution < -0.4 is 0 Å². The Morgan fingerprint density at radius 3 is 2.06 bits per heavy atom. The van der Waals surface area contributed by atoms with E-state index in [2.05, 4.69) is 20.8 Å². The number of aliphatic hydroxyl groups is 12. The van der Waals surface area contributed by atoms with Gasteiger partial charge < -0.3 is 94.4 Å². The molecule has 0 radical (unpaired) electrons.